The van der Waals surface area contributed by atoms with Crippen LogP contribution >= 0.6 is 24.0 Å². The number of aromatic nitrogens is 1. The Labute approximate surface area is 174 Å². The predicted molar refractivity (Wildman–Crippen MR) is 116 cm³/mol. The van der Waals surface area contributed by atoms with E-state index in [4.69, 9.17) is 4.52 Å². The Morgan fingerprint density at radius 1 is 1.27 bits per heavy atom. The van der Waals surface area contributed by atoms with Crippen LogP contribution in [0, 0.1) is 0 Å². The zero-order valence-corrected chi connectivity index (χ0v) is 19.4. The number of halogens is 1. The molecule has 0 radical (unpaired) electrons. The number of hydrogen-bond acceptors (Lipinski definition) is 5. The fourth-order valence-electron chi connectivity index (χ4n) is 2.22. The van der Waals surface area contributed by atoms with Gasteiger partial charge in [0.15, 0.2) is 11.7 Å². The van der Waals surface area contributed by atoms with Gasteiger partial charge in [-0.15, -0.1) is 24.0 Å². The number of sulfonamides is 1. The van der Waals surface area contributed by atoms with Gasteiger partial charge in [0.25, 0.3) is 0 Å². The number of rotatable bonds is 10. The molecule has 1 aromatic rings. The number of hydrogen-bond donors (Lipinski definition) is 2. The molecule has 0 aliphatic rings. The Morgan fingerprint density at radius 3 is 2.42 bits per heavy atom. The SMILES string of the molecule is CCNC(=NCc1cc(C(C)C)no1)NCCS(=O)(=O)N(CC)CC.I. The Kier molecular flexibility index (Phi) is 12.1. The summed E-state index contributed by atoms with van der Waals surface area (Å²) in [6.07, 6.45) is 0. The molecule has 1 heterocycles. The van der Waals surface area contributed by atoms with Crippen molar-refractivity contribution in [2.24, 2.45) is 4.99 Å². The van der Waals surface area contributed by atoms with Gasteiger partial charge in [-0.1, -0.05) is 32.9 Å². The first-order valence-corrected chi connectivity index (χ1v) is 10.4. The van der Waals surface area contributed by atoms with Gasteiger partial charge in [-0.3, -0.25) is 0 Å². The summed E-state index contributed by atoms with van der Waals surface area (Å²) in [5.41, 5.74) is 0.897. The van der Waals surface area contributed by atoms with E-state index in [1.807, 2.05) is 40.7 Å². The van der Waals surface area contributed by atoms with Gasteiger partial charge >= 0.3 is 0 Å². The topological polar surface area (TPSA) is 99.8 Å². The highest BCUT2D eigenvalue weighted by Crippen LogP contribution is 2.14. The molecule has 0 amide bonds. The molecule has 0 saturated heterocycles. The van der Waals surface area contributed by atoms with E-state index in [0.717, 1.165) is 5.69 Å². The second kappa shape index (κ2) is 12.5. The molecule has 10 heteroatoms. The molecule has 0 fully saturated rings. The van der Waals surface area contributed by atoms with E-state index in [0.29, 0.717) is 43.8 Å². The van der Waals surface area contributed by atoms with Crippen LogP contribution in [0.1, 0.15) is 52.0 Å². The third kappa shape index (κ3) is 8.21. The van der Waals surface area contributed by atoms with E-state index in [1.54, 1.807) is 0 Å². The number of aliphatic imine (C=N–C) groups is 1. The second-order valence-corrected chi connectivity index (χ2v) is 7.98. The molecule has 0 bridgehead atoms. The maximum atomic E-state index is 12.2. The van der Waals surface area contributed by atoms with Crippen molar-refractivity contribution >= 4 is 40.0 Å². The van der Waals surface area contributed by atoms with Gasteiger partial charge in [0.2, 0.25) is 10.0 Å². The highest BCUT2D eigenvalue weighted by atomic mass is 127. The van der Waals surface area contributed by atoms with E-state index in [1.165, 1.54) is 4.31 Å². The monoisotopic (exact) mass is 501 g/mol. The lowest BCUT2D eigenvalue weighted by molar-refractivity contribution is 0.376. The largest absolute Gasteiger partial charge is 0.359 e. The van der Waals surface area contributed by atoms with Gasteiger partial charge in [-0.25, -0.2) is 17.7 Å². The summed E-state index contributed by atoms with van der Waals surface area (Å²) in [7, 11) is -3.25. The van der Waals surface area contributed by atoms with Crippen LogP contribution in [0.5, 0.6) is 0 Å². The second-order valence-electron chi connectivity index (χ2n) is 5.90. The first kappa shape index (κ1) is 25.1. The summed E-state index contributed by atoms with van der Waals surface area (Å²) in [6.45, 7) is 12.0. The van der Waals surface area contributed by atoms with Crippen LogP contribution in [0.3, 0.4) is 0 Å². The molecule has 0 aliphatic heterocycles. The normalized spacial score (nSPS) is 12.3. The van der Waals surface area contributed by atoms with Crippen molar-refractivity contribution in [3.63, 3.8) is 0 Å². The van der Waals surface area contributed by atoms with Gasteiger partial charge < -0.3 is 15.2 Å². The Morgan fingerprint density at radius 2 is 1.92 bits per heavy atom. The molecule has 0 unspecified atom stereocenters. The summed E-state index contributed by atoms with van der Waals surface area (Å²) < 4.78 is 31.1. The van der Waals surface area contributed by atoms with E-state index in [9.17, 15) is 8.42 Å². The smallest absolute Gasteiger partial charge is 0.215 e. The third-order valence-electron chi connectivity index (χ3n) is 3.66. The van der Waals surface area contributed by atoms with Gasteiger partial charge in [0.05, 0.1) is 11.4 Å². The Hall–Kier alpha value is -0.880. The van der Waals surface area contributed by atoms with Crippen molar-refractivity contribution in [3.05, 3.63) is 17.5 Å². The summed E-state index contributed by atoms with van der Waals surface area (Å²) in [5, 5.41) is 10.1. The average molecular weight is 501 g/mol. The zero-order chi connectivity index (χ0) is 18.9. The Bertz CT molecular complexity index is 642. The molecule has 0 aliphatic carbocycles. The minimum atomic E-state index is -3.25. The van der Waals surface area contributed by atoms with Gasteiger partial charge in [-0.05, 0) is 12.8 Å². The van der Waals surface area contributed by atoms with Crippen molar-refractivity contribution < 1.29 is 12.9 Å². The first-order valence-electron chi connectivity index (χ1n) is 8.79. The molecule has 26 heavy (non-hydrogen) atoms. The minimum absolute atomic E-state index is 0. The number of guanidine groups is 1. The van der Waals surface area contributed by atoms with Crippen LogP contribution in [0.2, 0.25) is 0 Å². The highest BCUT2D eigenvalue weighted by molar-refractivity contribution is 14.0. The third-order valence-corrected chi connectivity index (χ3v) is 5.68. The molecule has 1 aromatic heterocycles. The van der Waals surface area contributed by atoms with Crippen LogP contribution in [0.4, 0.5) is 0 Å². The minimum Gasteiger partial charge on any atom is -0.359 e. The van der Waals surface area contributed by atoms with Crippen molar-refractivity contribution in [2.75, 3.05) is 31.9 Å². The molecule has 152 valence electrons. The molecule has 0 saturated carbocycles. The molecular formula is C16H32IN5O3S. The lowest BCUT2D eigenvalue weighted by Gasteiger charge is -2.19. The maximum Gasteiger partial charge on any atom is 0.215 e. The van der Waals surface area contributed by atoms with Crippen LogP contribution in [-0.4, -0.2) is 55.8 Å². The van der Waals surface area contributed by atoms with E-state index in [2.05, 4.69) is 20.8 Å². The average Bonchev–Trinajstić information content (AvgIpc) is 3.02. The molecule has 1 rings (SSSR count). The highest BCUT2D eigenvalue weighted by Gasteiger charge is 2.18. The Balaban J connectivity index is 0.00000625. The lowest BCUT2D eigenvalue weighted by Crippen LogP contribution is -2.42. The van der Waals surface area contributed by atoms with E-state index in [-0.39, 0.29) is 36.3 Å². The summed E-state index contributed by atoms with van der Waals surface area (Å²) in [5.74, 6) is 1.56. The van der Waals surface area contributed by atoms with Crippen LogP contribution in [-0.2, 0) is 16.6 Å². The summed E-state index contributed by atoms with van der Waals surface area (Å²) in [6, 6.07) is 1.89. The standard InChI is InChI=1S/C16H31N5O3S.HI/c1-6-17-16(18-9-10-25(22,23)21(7-2)8-3)19-12-14-11-15(13(4)5)20-24-14;/h11,13H,6-10,12H2,1-5H3,(H2,17,18,19);1H. The zero-order valence-electron chi connectivity index (χ0n) is 16.3. The van der Waals surface area contributed by atoms with Gasteiger partial charge in [0, 0.05) is 32.2 Å². The van der Waals surface area contributed by atoms with Crippen LogP contribution < -0.4 is 10.6 Å². The molecule has 8 nitrogen and oxygen atoms in total. The summed E-state index contributed by atoms with van der Waals surface area (Å²) in [4.78, 5) is 4.41. The number of nitrogens with zero attached hydrogens (tertiary/aromatic N) is 3. The number of nitrogens with one attached hydrogen (secondary N) is 2. The predicted octanol–water partition coefficient (Wildman–Crippen LogP) is 2.14. The van der Waals surface area contributed by atoms with Crippen molar-refractivity contribution in [1.82, 2.24) is 20.1 Å². The molecular weight excluding hydrogens is 469 g/mol. The quantitative estimate of drug-likeness (QED) is 0.290. The maximum absolute atomic E-state index is 12.2. The molecule has 0 spiro atoms. The summed E-state index contributed by atoms with van der Waals surface area (Å²) >= 11 is 0. The first-order chi connectivity index (χ1) is 11.8. The molecule has 0 aromatic carbocycles. The van der Waals surface area contributed by atoms with Crippen LogP contribution in [0.15, 0.2) is 15.6 Å². The fourth-order valence-corrected chi connectivity index (χ4v) is 3.62. The fraction of sp³-hybridized carbons (Fsp3) is 0.750. The van der Waals surface area contributed by atoms with Crippen molar-refractivity contribution in [2.45, 2.75) is 47.1 Å². The van der Waals surface area contributed by atoms with Crippen molar-refractivity contribution in [1.29, 1.82) is 0 Å². The van der Waals surface area contributed by atoms with E-state index >= 15 is 0 Å². The van der Waals surface area contributed by atoms with Crippen LogP contribution in [0.25, 0.3) is 0 Å². The van der Waals surface area contributed by atoms with Gasteiger partial charge in [-0.2, -0.15) is 0 Å². The van der Waals surface area contributed by atoms with E-state index < -0.39 is 10.0 Å². The van der Waals surface area contributed by atoms with Gasteiger partial charge in [0.1, 0.15) is 6.54 Å². The molecule has 0 atom stereocenters. The lowest BCUT2D eigenvalue weighted by atomic mass is 10.1. The van der Waals surface area contributed by atoms with Crippen molar-refractivity contribution in [3.8, 4) is 0 Å². The molecule has 2 N–H and O–H groups in total.